The van der Waals surface area contributed by atoms with Crippen LogP contribution in [-0.4, -0.2) is 11.2 Å². The summed E-state index contributed by atoms with van der Waals surface area (Å²) in [5, 5.41) is 0. The Labute approximate surface area is 77.0 Å². The summed E-state index contributed by atoms with van der Waals surface area (Å²) >= 11 is 0. The molecule has 2 N–H and O–H groups in total. The summed E-state index contributed by atoms with van der Waals surface area (Å²) in [5.41, 5.74) is 6.61. The molecule has 2 rings (SSSR count). The van der Waals surface area contributed by atoms with Crippen LogP contribution in [0.4, 0.5) is 5.82 Å². The minimum atomic E-state index is 0.334. The lowest BCUT2D eigenvalue weighted by molar-refractivity contribution is 0.846. The molecule has 1 aromatic rings. The summed E-state index contributed by atoms with van der Waals surface area (Å²) < 4.78 is 0. The van der Waals surface area contributed by atoms with Crippen molar-refractivity contribution in [2.75, 3.05) is 5.73 Å². The maximum atomic E-state index is 5.60. The Hall–Kier alpha value is -1.64. The van der Waals surface area contributed by atoms with Crippen molar-refractivity contribution in [3.63, 3.8) is 0 Å². The summed E-state index contributed by atoms with van der Waals surface area (Å²) in [4.78, 5) is 8.27. The fraction of sp³-hybridized carbons (Fsp3) is 0.200. The number of hydrogen-bond acceptors (Lipinski definition) is 3. The first-order valence-electron chi connectivity index (χ1n) is 4.27. The quantitative estimate of drug-likeness (QED) is 0.703. The van der Waals surface area contributed by atoms with Crippen LogP contribution in [0.25, 0.3) is 0 Å². The van der Waals surface area contributed by atoms with Crippen molar-refractivity contribution in [2.45, 2.75) is 12.3 Å². The third-order valence-electron chi connectivity index (χ3n) is 2.04. The Morgan fingerprint density at radius 3 is 3.00 bits per heavy atom. The van der Waals surface area contributed by atoms with E-state index in [2.05, 4.69) is 9.98 Å². The zero-order chi connectivity index (χ0) is 9.10. The summed E-state index contributed by atoms with van der Waals surface area (Å²) in [6, 6.07) is 5.71. The number of allylic oxidation sites excluding steroid dienone is 1. The van der Waals surface area contributed by atoms with Crippen molar-refractivity contribution in [2.24, 2.45) is 4.99 Å². The van der Waals surface area contributed by atoms with E-state index in [1.54, 1.807) is 12.3 Å². The standard InChI is InChI=1S/C10H11N3/c11-10-3-1-2-9(13-10)8-4-6-12-7-5-8/h1-4,6-8H,5H2,(H2,11,13). The van der Waals surface area contributed by atoms with Crippen LogP contribution in [0.3, 0.4) is 0 Å². The zero-order valence-corrected chi connectivity index (χ0v) is 7.22. The molecule has 0 bridgehead atoms. The fourth-order valence-corrected chi connectivity index (χ4v) is 1.36. The molecule has 1 atom stereocenters. The third-order valence-corrected chi connectivity index (χ3v) is 2.04. The van der Waals surface area contributed by atoms with Crippen LogP contribution in [0.1, 0.15) is 18.0 Å². The molecule has 0 amide bonds. The molecule has 0 spiro atoms. The Morgan fingerprint density at radius 2 is 2.31 bits per heavy atom. The largest absolute Gasteiger partial charge is 0.384 e. The first-order chi connectivity index (χ1) is 6.36. The van der Waals surface area contributed by atoms with Crippen LogP contribution < -0.4 is 5.73 Å². The molecule has 0 aliphatic carbocycles. The Kier molecular flexibility index (Phi) is 2.08. The van der Waals surface area contributed by atoms with Crippen molar-refractivity contribution in [3.8, 4) is 0 Å². The van der Waals surface area contributed by atoms with E-state index in [1.807, 2.05) is 24.4 Å². The number of hydrogen-bond donors (Lipinski definition) is 1. The summed E-state index contributed by atoms with van der Waals surface area (Å²) in [5.74, 6) is 0.911. The van der Waals surface area contributed by atoms with Gasteiger partial charge in [0.2, 0.25) is 0 Å². The molecule has 0 saturated heterocycles. The predicted molar refractivity (Wildman–Crippen MR) is 53.6 cm³/mol. The molecule has 0 saturated carbocycles. The van der Waals surface area contributed by atoms with E-state index in [0.29, 0.717) is 11.7 Å². The highest BCUT2D eigenvalue weighted by Gasteiger charge is 2.09. The third kappa shape index (κ3) is 1.75. The molecule has 2 heterocycles. The van der Waals surface area contributed by atoms with E-state index < -0.39 is 0 Å². The van der Waals surface area contributed by atoms with Gasteiger partial charge >= 0.3 is 0 Å². The fourth-order valence-electron chi connectivity index (χ4n) is 1.36. The molecule has 3 heteroatoms. The van der Waals surface area contributed by atoms with Gasteiger partial charge in [-0.25, -0.2) is 4.98 Å². The van der Waals surface area contributed by atoms with Crippen LogP contribution in [0, 0.1) is 0 Å². The van der Waals surface area contributed by atoms with Gasteiger partial charge in [-0.3, -0.25) is 4.99 Å². The minimum Gasteiger partial charge on any atom is -0.384 e. The lowest BCUT2D eigenvalue weighted by Gasteiger charge is -2.11. The van der Waals surface area contributed by atoms with Crippen molar-refractivity contribution in [1.29, 1.82) is 0 Å². The van der Waals surface area contributed by atoms with Crippen molar-refractivity contribution in [3.05, 3.63) is 36.2 Å². The van der Waals surface area contributed by atoms with E-state index >= 15 is 0 Å². The number of nitrogens with zero attached hydrogens (tertiary/aromatic N) is 2. The SMILES string of the molecule is Nc1cccc(C2C=CN=CC2)n1. The first kappa shape index (κ1) is 7.98. The zero-order valence-electron chi connectivity index (χ0n) is 7.22. The van der Waals surface area contributed by atoms with Crippen molar-refractivity contribution in [1.82, 2.24) is 4.98 Å². The van der Waals surface area contributed by atoms with Gasteiger partial charge in [0.15, 0.2) is 0 Å². The van der Waals surface area contributed by atoms with Crippen LogP contribution in [-0.2, 0) is 0 Å². The normalized spacial score (nSPS) is 20.5. The number of anilines is 1. The van der Waals surface area contributed by atoms with Gasteiger partial charge in [0.05, 0.1) is 5.69 Å². The molecule has 66 valence electrons. The number of aliphatic imine (C=N–C) groups is 1. The van der Waals surface area contributed by atoms with Crippen LogP contribution in [0.5, 0.6) is 0 Å². The molecule has 1 unspecified atom stereocenters. The Balaban J connectivity index is 2.25. The second-order valence-electron chi connectivity index (χ2n) is 3.00. The van der Waals surface area contributed by atoms with E-state index in [-0.39, 0.29) is 0 Å². The highest BCUT2D eigenvalue weighted by molar-refractivity contribution is 5.61. The Bertz CT molecular complexity index is 355. The summed E-state index contributed by atoms with van der Waals surface area (Å²) in [6.45, 7) is 0. The molecular weight excluding hydrogens is 162 g/mol. The number of nitrogen functional groups attached to an aromatic ring is 1. The Morgan fingerprint density at radius 1 is 1.38 bits per heavy atom. The van der Waals surface area contributed by atoms with Crippen LogP contribution in [0.2, 0.25) is 0 Å². The topological polar surface area (TPSA) is 51.3 Å². The van der Waals surface area contributed by atoms with Crippen molar-refractivity contribution >= 4 is 12.0 Å². The molecule has 1 aliphatic heterocycles. The molecule has 0 fully saturated rings. The van der Waals surface area contributed by atoms with Gasteiger partial charge in [-0.15, -0.1) is 0 Å². The number of aromatic nitrogens is 1. The minimum absolute atomic E-state index is 0.334. The molecule has 1 aromatic heterocycles. The molecule has 1 aliphatic rings. The first-order valence-corrected chi connectivity index (χ1v) is 4.27. The van der Waals surface area contributed by atoms with Crippen molar-refractivity contribution < 1.29 is 0 Å². The average molecular weight is 173 g/mol. The maximum Gasteiger partial charge on any atom is 0.123 e. The van der Waals surface area contributed by atoms with E-state index in [1.165, 1.54) is 0 Å². The molecule has 0 radical (unpaired) electrons. The highest BCUT2D eigenvalue weighted by Crippen LogP contribution is 2.21. The average Bonchev–Trinajstić information content (AvgIpc) is 2.19. The van der Waals surface area contributed by atoms with Gasteiger partial charge < -0.3 is 5.73 Å². The molecular formula is C10H11N3. The second kappa shape index (κ2) is 3.39. The predicted octanol–water partition coefficient (Wildman–Crippen LogP) is 1.74. The van der Waals surface area contributed by atoms with Gasteiger partial charge in [0.1, 0.15) is 5.82 Å². The van der Waals surface area contributed by atoms with Gasteiger partial charge in [0.25, 0.3) is 0 Å². The molecule has 0 aromatic carbocycles. The summed E-state index contributed by atoms with van der Waals surface area (Å²) in [6.07, 6.45) is 6.66. The molecule has 3 nitrogen and oxygen atoms in total. The number of rotatable bonds is 1. The monoisotopic (exact) mass is 173 g/mol. The number of nitrogens with two attached hydrogens (primary N) is 1. The highest BCUT2D eigenvalue weighted by atomic mass is 14.8. The lowest BCUT2D eigenvalue weighted by Crippen LogP contribution is -2.03. The maximum absolute atomic E-state index is 5.60. The van der Waals surface area contributed by atoms with Gasteiger partial charge in [0, 0.05) is 18.3 Å². The smallest absolute Gasteiger partial charge is 0.123 e. The van der Waals surface area contributed by atoms with E-state index in [0.717, 1.165) is 12.1 Å². The van der Waals surface area contributed by atoms with Crippen LogP contribution in [0.15, 0.2) is 35.5 Å². The second-order valence-corrected chi connectivity index (χ2v) is 3.00. The summed E-state index contributed by atoms with van der Waals surface area (Å²) in [7, 11) is 0. The van der Waals surface area contributed by atoms with E-state index in [9.17, 15) is 0 Å². The van der Waals surface area contributed by atoms with E-state index in [4.69, 9.17) is 5.73 Å². The molecule has 13 heavy (non-hydrogen) atoms. The van der Waals surface area contributed by atoms with Gasteiger partial charge in [-0.2, -0.15) is 0 Å². The van der Waals surface area contributed by atoms with Gasteiger partial charge in [-0.05, 0) is 18.6 Å². The lowest BCUT2D eigenvalue weighted by atomic mass is 10.0. The van der Waals surface area contributed by atoms with Crippen LogP contribution >= 0.6 is 0 Å². The number of pyridine rings is 1. The van der Waals surface area contributed by atoms with Gasteiger partial charge in [-0.1, -0.05) is 12.1 Å².